The maximum absolute atomic E-state index is 5.99. The molecule has 1 atom stereocenters. The van der Waals surface area contributed by atoms with Gasteiger partial charge in [-0.3, -0.25) is 0 Å². The van der Waals surface area contributed by atoms with Crippen LogP contribution in [0, 0.1) is 0 Å². The van der Waals surface area contributed by atoms with Crippen LogP contribution in [0.3, 0.4) is 0 Å². The molecule has 1 heterocycles. The first kappa shape index (κ1) is 14.0. The van der Waals surface area contributed by atoms with Crippen LogP contribution in [0.2, 0.25) is 0 Å². The summed E-state index contributed by atoms with van der Waals surface area (Å²) < 4.78 is 11.7. The summed E-state index contributed by atoms with van der Waals surface area (Å²) in [4.78, 5) is 2.30. The van der Waals surface area contributed by atoms with E-state index in [0.29, 0.717) is 6.61 Å². The normalized spacial score (nSPS) is 17.0. The standard InChI is InChI=1S/C18H21NO2/c1-19(12-11-15-7-3-2-4-8-15)13-16-14-20-17-9-5-6-10-18(17)21-16/h2-10,16H,11-14H2,1H3. The molecule has 0 spiro atoms. The fourth-order valence-corrected chi connectivity index (χ4v) is 2.56. The van der Waals surface area contributed by atoms with Crippen LogP contribution in [0.1, 0.15) is 5.56 Å². The van der Waals surface area contributed by atoms with E-state index in [2.05, 4.69) is 42.3 Å². The number of rotatable bonds is 5. The van der Waals surface area contributed by atoms with Crippen LogP contribution in [-0.2, 0) is 6.42 Å². The van der Waals surface area contributed by atoms with E-state index >= 15 is 0 Å². The third-order valence-corrected chi connectivity index (χ3v) is 3.71. The van der Waals surface area contributed by atoms with E-state index in [1.165, 1.54) is 5.56 Å². The molecular weight excluding hydrogens is 262 g/mol. The number of benzene rings is 2. The first-order valence-electron chi connectivity index (χ1n) is 7.42. The largest absolute Gasteiger partial charge is 0.486 e. The maximum atomic E-state index is 5.99. The molecule has 0 N–H and O–H groups in total. The number of para-hydroxylation sites is 2. The Morgan fingerprint density at radius 1 is 1.00 bits per heavy atom. The van der Waals surface area contributed by atoms with E-state index in [0.717, 1.165) is 31.0 Å². The molecular formula is C18H21NO2. The topological polar surface area (TPSA) is 21.7 Å². The SMILES string of the molecule is CN(CCc1ccccc1)CC1COc2ccccc2O1. The highest BCUT2D eigenvalue weighted by atomic mass is 16.6. The molecule has 1 aliphatic heterocycles. The van der Waals surface area contributed by atoms with Gasteiger partial charge in [0.05, 0.1) is 0 Å². The highest BCUT2D eigenvalue weighted by molar-refractivity contribution is 5.40. The average molecular weight is 283 g/mol. The summed E-state index contributed by atoms with van der Waals surface area (Å²) in [6.45, 7) is 2.51. The van der Waals surface area contributed by atoms with Crippen LogP contribution >= 0.6 is 0 Å². The second kappa shape index (κ2) is 6.64. The van der Waals surface area contributed by atoms with Gasteiger partial charge in [0.2, 0.25) is 0 Å². The van der Waals surface area contributed by atoms with Crippen molar-refractivity contribution in [2.24, 2.45) is 0 Å². The zero-order valence-electron chi connectivity index (χ0n) is 12.4. The fraction of sp³-hybridized carbons (Fsp3) is 0.333. The summed E-state index contributed by atoms with van der Waals surface area (Å²) in [5, 5.41) is 0. The minimum Gasteiger partial charge on any atom is -0.486 e. The fourth-order valence-electron chi connectivity index (χ4n) is 2.56. The molecule has 1 aliphatic rings. The molecule has 3 nitrogen and oxygen atoms in total. The minimum absolute atomic E-state index is 0.0978. The van der Waals surface area contributed by atoms with Gasteiger partial charge in [0.15, 0.2) is 11.5 Å². The lowest BCUT2D eigenvalue weighted by Crippen LogP contribution is -2.40. The number of hydrogen-bond donors (Lipinski definition) is 0. The van der Waals surface area contributed by atoms with E-state index in [1.807, 2.05) is 24.3 Å². The lowest BCUT2D eigenvalue weighted by Gasteiger charge is -2.29. The van der Waals surface area contributed by atoms with Gasteiger partial charge in [-0.1, -0.05) is 42.5 Å². The summed E-state index contributed by atoms with van der Waals surface area (Å²) in [6.07, 6.45) is 1.15. The van der Waals surface area contributed by atoms with Gasteiger partial charge in [-0.15, -0.1) is 0 Å². The van der Waals surface area contributed by atoms with E-state index in [-0.39, 0.29) is 6.10 Å². The third kappa shape index (κ3) is 3.76. The Labute approximate surface area is 126 Å². The van der Waals surface area contributed by atoms with Crippen molar-refractivity contribution in [2.75, 3.05) is 26.7 Å². The van der Waals surface area contributed by atoms with Crippen molar-refractivity contribution >= 4 is 0 Å². The highest BCUT2D eigenvalue weighted by Crippen LogP contribution is 2.30. The minimum atomic E-state index is 0.0978. The summed E-state index contributed by atoms with van der Waals surface area (Å²) in [6, 6.07) is 18.4. The Bertz CT molecular complexity index is 570. The molecule has 0 saturated carbocycles. The lowest BCUT2D eigenvalue weighted by molar-refractivity contribution is 0.0657. The van der Waals surface area contributed by atoms with E-state index in [9.17, 15) is 0 Å². The molecule has 0 fully saturated rings. The summed E-state index contributed by atoms with van der Waals surface area (Å²) in [5.74, 6) is 1.70. The summed E-state index contributed by atoms with van der Waals surface area (Å²) in [5.41, 5.74) is 1.37. The zero-order chi connectivity index (χ0) is 14.5. The predicted molar refractivity (Wildman–Crippen MR) is 84.0 cm³/mol. The highest BCUT2D eigenvalue weighted by Gasteiger charge is 2.21. The van der Waals surface area contributed by atoms with Gasteiger partial charge in [0.25, 0.3) is 0 Å². The summed E-state index contributed by atoms with van der Waals surface area (Å²) in [7, 11) is 2.13. The molecule has 0 radical (unpaired) electrons. The summed E-state index contributed by atoms with van der Waals surface area (Å²) >= 11 is 0. The Morgan fingerprint density at radius 3 is 2.52 bits per heavy atom. The molecule has 0 aromatic heterocycles. The molecule has 0 aliphatic carbocycles. The van der Waals surface area contributed by atoms with Crippen LogP contribution in [0.25, 0.3) is 0 Å². The van der Waals surface area contributed by atoms with Gasteiger partial charge in [0, 0.05) is 13.1 Å². The lowest BCUT2D eigenvalue weighted by atomic mass is 10.1. The molecule has 0 amide bonds. The second-order valence-corrected chi connectivity index (χ2v) is 5.50. The Balaban J connectivity index is 1.49. The number of hydrogen-bond acceptors (Lipinski definition) is 3. The van der Waals surface area contributed by atoms with E-state index < -0.39 is 0 Å². The molecule has 3 rings (SSSR count). The van der Waals surface area contributed by atoms with Crippen LogP contribution < -0.4 is 9.47 Å². The molecule has 110 valence electrons. The van der Waals surface area contributed by atoms with Crippen LogP contribution in [0.15, 0.2) is 54.6 Å². The van der Waals surface area contributed by atoms with Crippen molar-refractivity contribution < 1.29 is 9.47 Å². The van der Waals surface area contributed by atoms with Gasteiger partial charge >= 0.3 is 0 Å². The van der Waals surface area contributed by atoms with E-state index in [4.69, 9.17) is 9.47 Å². The molecule has 3 heteroatoms. The van der Waals surface area contributed by atoms with E-state index in [1.54, 1.807) is 0 Å². The van der Waals surface area contributed by atoms with Gasteiger partial charge in [-0.25, -0.2) is 0 Å². The van der Waals surface area contributed by atoms with Crippen LogP contribution in [-0.4, -0.2) is 37.7 Å². The van der Waals surface area contributed by atoms with Gasteiger partial charge < -0.3 is 14.4 Å². The smallest absolute Gasteiger partial charge is 0.161 e. The number of likely N-dealkylation sites (N-methyl/N-ethyl adjacent to an activating group) is 1. The van der Waals surface area contributed by atoms with Gasteiger partial charge in [-0.2, -0.15) is 0 Å². The monoisotopic (exact) mass is 283 g/mol. The first-order valence-corrected chi connectivity index (χ1v) is 7.42. The number of fused-ring (bicyclic) bond motifs is 1. The predicted octanol–water partition coefficient (Wildman–Crippen LogP) is 3.00. The maximum Gasteiger partial charge on any atom is 0.161 e. The van der Waals surface area contributed by atoms with Crippen molar-refractivity contribution in [3.8, 4) is 11.5 Å². The molecule has 0 bridgehead atoms. The van der Waals surface area contributed by atoms with Crippen molar-refractivity contribution in [3.63, 3.8) is 0 Å². The quantitative estimate of drug-likeness (QED) is 0.842. The number of nitrogens with zero attached hydrogens (tertiary/aromatic N) is 1. The zero-order valence-corrected chi connectivity index (χ0v) is 12.4. The molecule has 0 saturated heterocycles. The van der Waals surface area contributed by atoms with Crippen molar-refractivity contribution in [1.29, 1.82) is 0 Å². The Hall–Kier alpha value is -2.00. The van der Waals surface area contributed by atoms with Gasteiger partial charge in [-0.05, 0) is 31.2 Å². The van der Waals surface area contributed by atoms with Crippen molar-refractivity contribution in [3.05, 3.63) is 60.2 Å². The first-order chi connectivity index (χ1) is 10.3. The Morgan fingerprint density at radius 2 is 1.71 bits per heavy atom. The number of ether oxygens (including phenoxy) is 2. The molecule has 2 aromatic carbocycles. The average Bonchev–Trinajstić information content (AvgIpc) is 2.54. The molecule has 1 unspecified atom stereocenters. The van der Waals surface area contributed by atoms with Crippen molar-refractivity contribution in [1.82, 2.24) is 4.90 Å². The third-order valence-electron chi connectivity index (χ3n) is 3.71. The van der Waals surface area contributed by atoms with Crippen LogP contribution in [0.4, 0.5) is 0 Å². The second-order valence-electron chi connectivity index (χ2n) is 5.50. The Kier molecular flexibility index (Phi) is 4.41. The van der Waals surface area contributed by atoms with Crippen LogP contribution in [0.5, 0.6) is 11.5 Å². The molecule has 21 heavy (non-hydrogen) atoms. The van der Waals surface area contributed by atoms with Crippen molar-refractivity contribution in [2.45, 2.75) is 12.5 Å². The van der Waals surface area contributed by atoms with Gasteiger partial charge in [0.1, 0.15) is 12.7 Å². The molecule has 2 aromatic rings.